The molecule has 1 aromatic carbocycles. The first-order valence-electron chi connectivity index (χ1n) is 7.09. The molecule has 10 heteroatoms. The van der Waals surface area contributed by atoms with Gasteiger partial charge in [-0.05, 0) is 25.1 Å². The Balaban J connectivity index is 1.55. The number of amides is 1. The number of aryl methyl sites for hydroxylation is 1. The number of carbonyl (C=O) groups is 1. The lowest BCUT2D eigenvalue weighted by atomic mass is 10.1. The summed E-state index contributed by atoms with van der Waals surface area (Å²) in [5.74, 6) is -0.870. The van der Waals surface area contributed by atoms with Crippen LogP contribution in [0.1, 0.15) is 11.7 Å². The number of halogens is 2. The zero-order valence-electron chi connectivity index (χ0n) is 13.0. The molecule has 3 rings (SSSR count). The molecule has 7 nitrogen and oxygen atoms in total. The van der Waals surface area contributed by atoms with E-state index in [0.717, 1.165) is 29.5 Å². The minimum atomic E-state index is -0.595. The number of hydrogen-bond donors (Lipinski definition) is 1. The Kier molecular flexibility index (Phi) is 5.10. The predicted molar refractivity (Wildman–Crippen MR) is 84.8 cm³/mol. The van der Waals surface area contributed by atoms with Gasteiger partial charge in [0.15, 0.2) is 11.0 Å². The Bertz CT molecular complexity index is 897. The molecule has 0 spiro atoms. The summed E-state index contributed by atoms with van der Waals surface area (Å²) < 4.78 is 37.0. The fraction of sp³-hybridized carbons (Fsp3) is 0.200. The molecule has 1 amide bonds. The molecule has 0 radical (unpaired) electrons. The van der Waals surface area contributed by atoms with Crippen LogP contribution >= 0.6 is 11.3 Å². The van der Waals surface area contributed by atoms with Crippen LogP contribution in [0, 0.1) is 18.6 Å². The van der Waals surface area contributed by atoms with Gasteiger partial charge in [0.1, 0.15) is 24.8 Å². The molecule has 25 heavy (non-hydrogen) atoms. The maximum absolute atomic E-state index is 13.7. The number of rotatable bonds is 6. The van der Waals surface area contributed by atoms with Crippen molar-refractivity contribution in [3.63, 3.8) is 0 Å². The number of nitrogens with one attached hydrogen (secondary N) is 1. The molecule has 2 heterocycles. The van der Waals surface area contributed by atoms with Crippen molar-refractivity contribution in [1.82, 2.24) is 15.1 Å². The molecular formula is C15H12F2N4O3S. The largest absolute Gasteiger partial charge is 0.362 e. The standard InChI is InChI=1S/C15H12F2N4O3S/c1-8-18-14(24-21-8)6-23-5-13(22)20-15-19-12(7-25-15)10-4-9(16)2-3-11(10)17/h2-4,7H,5-6H2,1H3,(H,19,20,22). The van der Waals surface area contributed by atoms with Gasteiger partial charge in [0.2, 0.25) is 0 Å². The number of carbonyl (C=O) groups excluding carboxylic acids is 1. The number of ether oxygens (including phenoxy) is 1. The monoisotopic (exact) mass is 366 g/mol. The number of nitrogens with zero attached hydrogens (tertiary/aromatic N) is 3. The van der Waals surface area contributed by atoms with Crippen molar-refractivity contribution in [3.8, 4) is 11.3 Å². The molecule has 0 saturated heterocycles. The van der Waals surface area contributed by atoms with E-state index >= 15 is 0 Å². The first kappa shape index (κ1) is 17.1. The SMILES string of the molecule is Cc1noc(COCC(=O)Nc2nc(-c3cc(F)ccc3F)cs2)n1. The Labute approximate surface area is 144 Å². The van der Waals surface area contributed by atoms with Crippen molar-refractivity contribution >= 4 is 22.4 Å². The summed E-state index contributed by atoms with van der Waals surface area (Å²) in [6, 6.07) is 3.09. The number of benzene rings is 1. The van der Waals surface area contributed by atoms with Gasteiger partial charge < -0.3 is 9.26 Å². The molecule has 0 bridgehead atoms. The van der Waals surface area contributed by atoms with Crippen LogP contribution in [0.25, 0.3) is 11.3 Å². The quantitative estimate of drug-likeness (QED) is 0.721. The van der Waals surface area contributed by atoms with Crippen molar-refractivity contribution in [2.45, 2.75) is 13.5 Å². The van der Waals surface area contributed by atoms with Crippen LogP contribution in [0.3, 0.4) is 0 Å². The normalized spacial score (nSPS) is 10.8. The van der Waals surface area contributed by atoms with Crippen LogP contribution in [0.15, 0.2) is 28.1 Å². The zero-order chi connectivity index (χ0) is 17.8. The maximum atomic E-state index is 13.7. The summed E-state index contributed by atoms with van der Waals surface area (Å²) in [4.78, 5) is 19.8. The van der Waals surface area contributed by atoms with Crippen molar-refractivity contribution in [1.29, 1.82) is 0 Å². The lowest BCUT2D eigenvalue weighted by Crippen LogP contribution is -2.18. The summed E-state index contributed by atoms with van der Waals surface area (Å²) in [7, 11) is 0. The minimum absolute atomic E-state index is 0.00584. The first-order chi connectivity index (χ1) is 12.0. The van der Waals surface area contributed by atoms with Crippen LogP contribution in [0.2, 0.25) is 0 Å². The topological polar surface area (TPSA) is 90.1 Å². The molecule has 0 aliphatic heterocycles. The van der Waals surface area contributed by atoms with Gasteiger partial charge in [-0.25, -0.2) is 13.8 Å². The van der Waals surface area contributed by atoms with E-state index in [1.165, 1.54) is 5.38 Å². The third-order valence-electron chi connectivity index (χ3n) is 2.98. The number of hydrogen-bond acceptors (Lipinski definition) is 7. The zero-order valence-corrected chi connectivity index (χ0v) is 13.8. The van der Waals surface area contributed by atoms with Crippen LogP contribution in [-0.2, 0) is 16.1 Å². The summed E-state index contributed by atoms with van der Waals surface area (Å²) >= 11 is 1.09. The summed E-state index contributed by atoms with van der Waals surface area (Å²) in [5.41, 5.74) is 0.263. The van der Waals surface area contributed by atoms with Crippen LogP contribution in [0.5, 0.6) is 0 Å². The first-order valence-corrected chi connectivity index (χ1v) is 7.97. The number of anilines is 1. The van der Waals surface area contributed by atoms with Gasteiger partial charge in [-0.3, -0.25) is 10.1 Å². The van der Waals surface area contributed by atoms with Crippen LogP contribution < -0.4 is 5.32 Å². The van der Waals surface area contributed by atoms with Crippen LogP contribution in [-0.4, -0.2) is 27.6 Å². The molecular weight excluding hydrogens is 354 g/mol. The van der Waals surface area contributed by atoms with Crippen molar-refractivity contribution in [2.75, 3.05) is 11.9 Å². The van der Waals surface area contributed by atoms with Crippen LogP contribution in [0.4, 0.5) is 13.9 Å². The Hall–Kier alpha value is -2.72. The third-order valence-corrected chi connectivity index (χ3v) is 3.74. The van der Waals surface area contributed by atoms with E-state index in [1.807, 2.05) is 0 Å². The van der Waals surface area contributed by atoms with Gasteiger partial charge in [0.05, 0.1) is 5.69 Å². The summed E-state index contributed by atoms with van der Waals surface area (Å²) in [5, 5.41) is 7.89. The highest BCUT2D eigenvalue weighted by Crippen LogP contribution is 2.27. The van der Waals surface area contributed by atoms with E-state index in [-0.39, 0.29) is 35.5 Å². The Morgan fingerprint density at radius 2 is 2.20 bits per heavy atom. The van der Waals surface area contributed by atoms with E-state index < -0.39 is 17.5 Å². The highest BCUT2D eigenvalue weighted by molar-refractivity contribution is 7.14. The Morgan fingerprint density at radius 1 is 1.36 bits per heavy atom. The van der Waals surface area contributed by atoms with Gasteiger partial charge >= 0.3 is 0 Å². The second-order valence-electron chi connectivity index (χ2n) is 4.94. The average molecular weight is 366 g/mol. The molecule has 130 valence electrons. The van der Waals surface area contributed by atoms with Crippen molar-refractivity contribution in [2.24, 2.45) is 0 Å². The van der Waals surface area contributed by atoms with Crippen molar-refractivity contribution < 1.29 is 22.8 Å². The lowest BCUT2D eigenvalue weighted by molar-refractivity contribution is -0.121. The minimum Gasteiger partial charge on any atom is -0.362 e. The third kappa shape index (κ3) is 4.43. The fourth-order valence-corrected chi connectivity index (χ4v) is 2.66. The highest BCUT2D eigenvalue weighted by Gasteiger charge is 2.13. The van der Waals surface area contributed by atoms with Gasteiger partial charge in [-0.15, -0.1) is 11.3 Å². The van der Waals surface area contributed by atoms with Gasteiger partial charge in [0, 0.05) is 10.9 Å². The predicted octanol–water partition coefficient (Wildman–Crippen LogP) is 2.94. The maximum Gasteiger partial charge on any atom is 0.252 e. The van der Waals surface area contributed by atoms with E-state index in [1.54, 1.807) is 6.92 Å². The van der Waals surface area contributed by atoms with E-state index in [9.17, 15) is 13.6 Å². The van der Waals surface area contributed by atoms with E-state index in [4.69, 9.17) is 9.26 Å². The van der Waals surface area contributed by atoms with Gasteiger partial charge in [-0.1, -0.05) is 5.16 Å². The smallest absolute Gasteiger partial charge is 0.252 e. The molecule has 2 aromatic heterocycles. The lowest BCUT2D eigenvalue weighted by Gasteiger charge is -2.02. The molecule has 3 aromatic rings. The second kappa shape index (κ2) is 7.45. The van der Waals surface area contributed by atoms with E-state index in [0.29, 0.717) is 5.82 Å². The Morgan fingerprint density at radius 3 is 2.96 bits per heavy atom. The van der Waals surface area contributed by atoms with E-state index in [2.05, 4.69) is 20.4 Å². The molecule has 0 fully saturated rings. The van der Waals surface area contributed by atoms with Gasteiger partial charge in [0.25, 0.3) is 11.8 Å². The molecule has 0 atom stereocenters. The van der Waals surface area contributed by atoms with Gasteiger partial charge in [-0.2, -0.15) is 4.98 Å². The molecule has 0 aliphatic rings. The number of aromatic nitrogens is 3. The molecule has 0 unspecified atom stereocenters. The molecule has 0 saturated carbocycles. The highest BCUT2D eigenvalue weighted by atomic mass is 32.1. The number of thiazole rings is 1. The summed E-state index contributed by atoms with van der Waals surface area (Å²) in [6.45, 7) is 1.43. The second-order valence-corrected chi connectivity index (χ2v) is 5.80. The molecule has 1 N–H and O–H groups in total. The fourth-order valence-electron chi connectivity index (χ4n) is 1.93. The van der Waals surface area contributed by atoms with Crippen molar-refractivity contribution in [3.05, 3.63) is 46.9 Å². The summed E-state index contributed by atoms with van der Waals surface area (Å²) in [6.07, 6.45) is 0. The molecule has 0 aliphatic carbocycles. The average Bonchev–Trinajstić information content (AvgIpc) is 3.19.